The number of nitrogens with zero attached hydrogens (tertiary/aromatic N) is 2. The molecule has 98 valence electrons. The van der Waals surface area contributed by atoms with Crippen molar-refractivity contribution in [2.75, 3.05) is 13.1 Å². The normalized spacial score (nSPS) is 15.2. The zero-order chi connectivity index (χ0) is 13.4. The Labute approximate surface area is 117 Å². The van der Waals surface area contributed by atoms with E-state index < -0.39 is 0 Å². The van der Waals surface area contributed by atoms with Crippen LogP contribution >= 0.6 is 11.6 Å². The zero-order valence-electron chi connectivity index (χ0n) is 10.8. The summed E-state index contributed by atoms with van der Waals surface area (Å²) in [7, 11) is 0. The summed E-state index contributed by atoms with van der Waals surface area (Å²) in [6.07, 6.45) is 3.74. The fraction of sp³-hybridized carbons (Fsp3) is 0.333. The molecule has 0 aliphatic carbocycles. The number of hydrogen-bond donors (Lipinski definition) is 0. The van der Waals surface area contributed by atoms with Crippen LogP contribution in [-0.4, -0.2) is 28.9 Å². The number of pyridine rings is 1. The molecule has 2 aromatic rings. The molecule has 0 saturated carbocycles. The second-order valence-electron chi connectivity index (χ2n) is 5.01. The van der Waals surface area contributed by atoms with Gasteiger partial charge in [-0.3, -0.25) is 9.78 Å². The number of hydrogen-bond acceptors (Lipinski definition) is 2. The van der Waals surface area contributed by atoms with Crippen molar-refractivity contribution in [3.63, 3.8) is 0 Å². The number of benzene rings is 1. The Morgan fingerprint density at radius 3 is 2.79 bits per heavy atom. The molecule has 0 radical (unpaired) electrons. The van der Waals surface area contributed by atoms with Gasteiger partial charge in [0, 0.05) is 24.7 Å². The Bertz CT molecular complexity index is 648. The summed E-state index contributed by atoms with van der Waals surface area (Å²) in [5, 5.41) is 1.37. The third-order valence-electron chi connectivity index (χ3n) is 3.58. The minimum Gasteiger partial charge on any atom is -0.339 e. The standard InChI is InChI=1S/C15H15ClN2O/c1-10-4-5-13-11(8-10)14(16)12(9-17-13)15(19)18-6-2-3-7-18/h4-5,8-9H,2-3,6-7H2,1H3. The first-order chi connectivity index (χ1) is 9.16. The molecule has 0 unspecified atom stereocenters. The quantitative estimate of drug-likeness (QED) is 0.798. The van der Waals surface area contributed by atoms with Crippen molar-refractivity contribution < 1.29 is 4.79 Å². The number of halogens is 1. The Morgan fingerprint density at radius 2 is 2.05 bits per heavy atom. The van der Waals surface area contributed by atoms with Gasteiger partial charge in [0.25, 0.3) is 5.91 Å². The molecule has 3 nitrogen and oxygen atoms in total. The zero-order valence-corrected chi connectivity index (χ0v) is 11.6. The van der Waals surface area contributed by atoms with Crippen LogP contribution < -0.4 is 0 Å². The van der Waals surface area contributed by atoms with Crippen LogP contribution in [0.2, 0.25) is 5.02 Å². The van der Waals surface area contributed by atoms with Crippen molar-refractivity contribution in [2.45, 2.75) is 19.8 Å². The van der Waals surface area contributed by atoms with E-state index in [1.54, 1.807) is 6.20 Å². The maximum absolute atomic E-state index is 12.4. The van der Waals surface area contributed by atoms with E-state index in [1.165, 1.54) is 0 Å². The van der Waals surface area contributed by atoms with Gasteiger partial charge in [-0.1, -0.05) is 23.2 Å². The predicted molar refractivity (Wildman–Crippen MR) is 76.6 cm³/mol. The molecular weight excluding hydrogens is 260 g/mol. The first-order valence-electron chi connectivity index (χ1n) is 6.51. The van der Waals surface area contributed by atoms with Crippen molar-refractivity contribution in [2.24, 2.45) is 0 Å². The Kier molecular flexibility index (Phi) is 3.15. The summed E-state index contributed by atoms with van der Waals surface area (Å²) < 4.78 is 0. The van der Waals surface area contributed by atoms with E-state index in [1.807, 2.05) is 30.0 Å². The van der Waals surface area contributed by atoms with Gasteiger partial charge in [0.2, 0.25) is 0 Å². The first kappa shape index (κ1) is 12.4. The highest BCUT2D eigenvalue weighted by molar-refractivity contribution is 6.38. The van der Waals surface area contributed by atoms with Crippen LogP contribution in [0, 0.1) is 6.92 Å². The van der Waals surface area contributed by atoms with Gasteiger partial charge in [-0.25, -0.2) is 0 Å². The van der Waals surface area contributed by atoms with E-state index in [2.05, 4.69) is 4.98 Å². The van der Waals surface area contributed by atoms with Crippen LogP contribution in [-0.2, 0) is 0 Å². The van der Waals surface area contributed by atoms with Crippen LogP contribution in [0.25, 0.3) is 10.9 Å². The molecule has 1 fully saturated rings. The number of fused-ring (bicyclic) bond motifs is 1. The van der Waals surface area contributed by atoms with E-state index >= 15 is 0 Å². The van der Waals surface area contributed by atoms with Crippen LogP contribution in [0.1, 0.15) is 28.8 Å². The van der Waals surface area contributed by atoms with Crippen molar-refractivity contribution >= 4 is 28.4 Å². The smallest absolute Gasteiger partial charge is 0.256 e. The van der Waals surface area contributed by atoms with Gasteiger partial charge in [-0.15, -0.1) is 0 Å². The molecule has 1 aromatic carbocycles. The van der Waals surface area contributed by atoms with Gasteiger partial charge in [-0.05, 0) is 31.9 Å². The second kappa shape index (κ2) is 4.82. The van der Waals surface area contributed by atoms with Gasteiger partial charge in [0.05, 0.1) is 16.1 Å². The highest BCUT2D eigenvalue weighted by Gasteiger charge is 2.22. The fourth-order valence-corrected chi connectivity index (χ4v) is 2.79. The van der Waals surface area contributed by atoms with Gasteiger partial charge in [0.15, 0.2) is 0 Å². The molecule has 4 heteroatoms. The maximum Gasteiger partial charge on any atom is 0.256 e. The Hall–Kier alpha value is -1.61. The van der Waals surface area contributed by atoms with E-state index in [9.17, 15) is 4.79 Å². The van der Waals surface area contributed by atoms with E-state index in [0.717, 1.165) is 42.4 Å². The molecule has 1 aromatic heterocycles. The molecule has 1 aliphatic rings. The molecule has 0 bridgehead atoms. The molecule has 19 heavy (non-hydrogen) atoms. The third kappa shape index (κ3) is 2.19. The summed E-state index contributed by atoms with van der Waals surface area (Å²) in [5.41, 5.74) is 2.46. The van der Waals surface area contributed by atoms with Crippen molar-refractivity contribution in [1.29, 1.82) is 0 Å². The van der Waals surface area contributed by atoms with Crippen LogP contribution in [0.5, 0.6) is 0 Å². The van der Waals surface area contributed by atoms with Gasteiger partial charge in [-0.2, -0.15) is 0 Å². The minimum absolute atomic E-state index is 0.00148. The summed E-state index contributed by atoms with van der Waals surface area (Å²) in [4.78, 5) is 18.6. The molecule has 1 saturated heterocycles. The SMILES string of the molecule is Cc1ccc2ncc(C(=O)N3CCCC3)c(Cl)c2c1. The Balaban J connectivity index is 2.09. The van der Waals surface area contributed by atoms with Gasteiger partial charge < -0.3 is 4.90 Å². The average Bonchev–Trinajstić information content (AvgIpc) is 2.93. The molecule has 1 amide bonds. The number of likely N-dealkylation sites (tertiary alicyclic amines) is 1. The summed E-state index contributed by atoms with van der Waals surface area (Å²) >= 11 is 6.40. The van der Waals surface area contributed by atoms with Gasteiger partial charge in [0.1, 0.15) is 0 Å². The highest BCUT2D eigenvalue weighted by atomic mass is 35.5. The number of aryl methyl sites for hydroxylation is 1. The van der Waals surface area contributed by atoms with Crippen molar-refractivity contribution in [3.8, 4) is 0 Å². The van der Waals surface area contributed by atoms with Crippen LogP contribution in [0.3, 0.4) is 0 Å². The minimum atomic E-state index is -0.00148. The third-order valence-corrected chi connectivity index (χ3v) is 3.99. The lowest BCUT2D eigenvalue weighted by Crippen LogP contribution is -2.28. The number of amides is 1. The lowest BCUT2D eigenvalue weighted by molar-refractivity contribution is 0.0793. The van der Waals surface area contributed by atoms with Crippen LogP contribution in [0.4, 0.5) is 0 Å². The number of aromatic nitrogens is 1. The molecule has 2 heterocycles. The number of carbonyl (C=O) groups is 1. The molecular formula is C15H15ClN2O. The van der Waals surface area contributed by atoms with E-state index in [4.69, 9.17) is 11.6 Å². The fourth-order valence-electron chi connectivity index (χ4n) is 2.51. The molecule has 0 atom stereocenters. The van der Waals surface area contributed by atoms with Gasteiger partial charge >= 0.3 is 0 Å². The molecule has 0 N–H and O–H groups in total. The first-order valence-corrected chi connectivity index (χ1v) is 6.89. The lowest BCUT2D eigenvalue weighted by atomic mass is 10.1. The van der Waals surface area contributed by atoms with E-state index in [0.29, 0.717) is 10.6 Å². The largest absolute Gasteiger partial charge is 0.339 e. The van der Waals surface area contributed by atoms with Crippen molar-refractivity contribution in [1.82, 2.24) is 9.88 Å². The van der Waals surface area contributed by atoms with Crippen LogP contribution in [0.15, 0.2) is 24.4 Å². The van der Waals surface area contributed by atoms with Crippen molar-refractivity contribution in [3.05, 3.63) is 40.5 Å². The molecule has 1 aliphatic heterocycles. The monoisotopic (exact) mass is 274 g/mol. The maximum atomic E-state index is 12.4. The molecule has 3 rings (SSSR count). The summed E-state index contributed by atoms with van der Waals surface area (Å²) in [6, 6.07) is 5.90. The number of rotatable bonds is 1. The summed E-state index contributed by atoms with van der Waals surface area (Å²) in [6.45, 7) is 3.65. The van der Waals surface area contributed by atoms with E-state index in [-0.39, 0.29) is 5.91 Å². The number of carbonyl (C=O) groups excluding carboxylic acids is 1. The second-order valence-corrected chi connectivity index (χ2v) is 5.38. The summed E-state index contributed by atoms with van der Waals surface area (Å²) in [5.74, 6) is -0.00148. The topological polar surface area (TPSA) is 33.2 Å². The highest BCUT2D eigenvalue weighted by Crippen LogP contribution is 2.28. The molecule has 0 spiro atoms. The predicted octanol–water partition coefficient (Wildman–Crippen LogP) is 3.43. The average molecular weight is 275 g/mol. The lowest BCUT2D eigenvalue weighted by Gasteiger charge is -2.16. The Morgan fingerprint density at radius 1 is 1.32 bits per heavy atom.